The number of guanidine groups is 1. The summed E-state index contributed by atoms with van der Waals surface area (Å²) in [6.07, 6.45) is 0.674. The van der Waals surface area contributed by atoms with Gasteiger partial charge in [0.1, 0.15) is 0 Å². The Kier molecular flexibility index (Phi) is 6.98. The molecule has 1 heterocycles. The van der Waals surface area contributed by atoms with Gasteiger partial charge in [-0.05, 0) is 31.9 Å². The fourth-order valence-electron chi connectivity index (χ4n) is 2.42. The number of aliphatic imine (C=N–C) groups is 1. The zero-order chi connectivity index (χ0) is 18.2. The molecule has 25 heavy (non-hydrogen) atoms. The number of hydrogen-bond acceptors (Lipinski definition) is 4. The van der Waals surface area contributed by atoms with Gasteiger partial charge in [-0.1, -0.05) is 42.8 Å². The quantitative estimate of drug-likeness (QED) is 0.597. The largest absolute Gasteiger partial charge is 0.357 e. The predicted octanol–water partition coefficient (Wildman–Crippen LogP) is 3.11. The number of nitrogens with one attached hydrogen (secondary N) is 2. The van der Waals surface area contributed by atoms with Crippen molar-refractivity contribution in [2.24, 2.45) is 4.99 Å². The van der Waals surface area contributed by atoms with Crippen LogP contribution in [0.4, 0.5) is 0 Å². The maximum Gasteiger partial charge on any atom is 0.228 e. The first-order valence-electron chi connectivity index (χ1n) is 8.90. The van der Waals surface area contributed by atoms with Gasteiger partial charge in [-0.2, -0.15) is 4.98 Å². The zero-order valence-electron chi connectivity index (χ0n) is 15.9. The Morgan fingerprint density at radius 2 is 2.04 bits per heavy atom. The lowest BCUT2D eigenvalue weighted by molar-refractivity contribution is 0.371. The number of benzene rings is 1. The average Bonchev–Trinajstić information content (AvgIpc) is 3.03. The number of rotatable bonds is 7. The summed E-state index contributed by atoms with van der Waals surface area (Å²) in [7, 11) is 0. The van der Waals surface area contributed by atoms with Crippen molar-refractivity contribution in [3.05, 3.63) is 46.6 Å². The van der Waals surface area contributed by atoms with E-state index < -0.39 is 0 Å². The Balaban J connectivity index is 1.90. The molecular formula is C19H29N5O. The number of nitrogens with zero attached hydrogens (tertiary/aromatic N) is 3. The second-order valence-electron chi connectivity index (χ2n) is 6.50. The summed E-state index contributed by atoms with van der Waals surface area (Å²) in [5, 5.41) is 10.6. The van der Waals surface area contributed by atoms with Crippen LogP contribution in [0.3, 0.4) is 0 Å². The molecule has 0 radical (unpaired) electrons. The smallest absolute Gasteiger partial charge is 0.228 e. The minimum Gasteiger partial charge on any atom is -0.357 e. The number of aryl methyl sites for hydroxylation is 2. The maximum atomic E-state index is 5.26. The first kappa shape index (κ1) is 19.0. The number of aromatic nitrogens is 2. The summed E-state index contributed by atoms with van der Waals surface area (Å²) in [6.45, 7) is 12.6. The third-order valence-corrected chi connectivity index (χ3v) is 3.88. The van der Waals surface area contributed by atoms with E-state index in [9.17, 15) is 0 Å². The fraction of sp³-hybridized carbons (Fsp3) is 0.526. The lowest BCUT2D eigenvalue weighted by Crippen LogP contribution is -2.38. The molecule has 1 aromatic carbocycles. The molecule has 1 aromatic heterocycles. The normalized spacial score (nSPS) is 11.8. The molecule has 0 fully saturated rings. The molecule has 136 valence electrons. The van der Waals surface area contributed by atoms with E-state index in [1.807, 2.05) is 0 Å². The van der Waals surface area contributed by atoms with Crippen molar-refractivity contribution >= 4 is 5.96 Å². The van der Waals surface area contributed by atoms with E-state index >= 15 is 0 Å². The molecule has 2 aromatic rings. The van der Waals surface area contributed by atoms with E-state index in [-0.39, 0.29) is 5.92 Å². The van der Waals surface area contributed by atoms with Gasteiger partial charge >= 0.3 is 0 Å². The van der Waals surface area contributed by atoms with Crippen LogP contribution >= 0.6 is 0 Å². The van der Waals surface area contributed by atoms with E-state index in [1.165, 1.54) is 16.7 Å². The van der Waals surface area contributed by atoms with Crippen molar-refractivity contribution < 1.29 is 4.52 Å². The Bertz CT molecular complexity index is 706. The van der Waals surface area contributed by atoms with Crippen LogP contribution < -0.4 is 10.6 Å². The van der Waals surface area contributed by atoms with Crippen LogP contribution in [0.15, 0.2) is 27.7 Å². The van der Waals surface area contributed by atoms with Gasteiger partial charge in [0, 0.05) is 25.4 Å². The van der Waals surface area contributed by atoms with E-state index in [0.29, 0.717) is 25.4 Å². The molecule has 6 heteroatoms. The molecule has 6 nitrogen and oxygen atoms in total. The third-order valence-electron chi connectivity index (χ3n) is 3.88. The van der Waals surface area contributed by atoms with Gasteiger partial charge in [-0.15, -0.1) is 0 Å². The van der Waals surface area contributed by atoms with E-state index in [2.05, 4.69) is 78.6 Å². The van der Waals surface area contributed by atoms with Crippen molar-refractivity contribution in [3.8, 4) is 0 Å². The van der Waals surface area contributed by atoms with E-state index in [4.69, 9.17) is 4.52 Å². The van der Waals surface area contributed by atoms with E-state index in [0.717, 1.165) is 18.3 Å². The summed E-state index contributed by atoms with van der Waals surface area (Å²) in [5.41, 5.74) is 3.78. The summed E-state index contributed by atoms with van der Waals surface area (Å²) in [4.78, 5) is 9.05. The minimum atomic E-state index is 0.280. The van der Waals surface area contributed by atoms with Crippen molar-refractivity contribution in [1.82, 2.24) is 20.8 Å². The Hall–Kier alpha value is -2.37. The molecule has 0 aliphatic carbocycles. The Morgan fingerprint density at radius 3 is 2.68 bits per heavy atom. The molecule has 0 aliphatic heterocycles. The van der Waals surface area contributed by atoms with Crippen LogP contribution in [0.1, 0.15) is 55.1 Å². The molecule has 0 atom stereocenters. The molecule has 2 rings (SSSR count). The highest BCUT2D eigenvalue weighted by Crippen LogP contribution is 2.11. The predicted molar refractivity (Wildman–Crippen MR) is 101 cm³/mol. The zero-order valence-corrected chi connectivity index (χ0v) is 15.9. The molecule has 2 N–H and O–H groups in total. The minimum absolute atomic E-state index is 0.280. The molecule has 0 aliphatic rings. The molecule has 0 saturated carbocycles. The summed E-state index contributed by atoms with van der Waals surface area (Å²) in [5.74, 6) is 2.49. The van der Waals surface area contributed by atoms with Gasteiger partial charge in [0.05, 0.1) is 6.54 Å². The topological polar surface area (TPSA) is 75.3 Å². The van der Waals surface area contributed by atoms with Crippen LogP contribution in [0, 0.1) is 13.8 Å². The van der Waals surface area contributed by atoms with Gasteiger partial charge in [0.25, 0.3) is 0 Å². The monoisotopic (exact) mass is 343 g/mol. The maximum absolute atomic E-state index is 5.26. The highest BCUT2D eigenvalue weighted by atomic mass is 16.5. The standard InChI is InChI=1S/C19H29N5O/c1-6-20-19(22-12-16-8-7-14(4)11-15(16)5)21-10-9-17-23-18(13(2)3)24-25-17/h7-8,11,13H,6,9-10,12H2,1-5H3,(H2,20,21,22). The van der Waals surface area contributed by atoms with Crippen LogP contribution in [0.25, 0.3) is 0 Å². The van der Waals surface area contributed by atoms with Crippen molar-refractivity contribution in [1.29, 1.82) is 0 Å². The van der Waals surface area contributed by atoms with Crippen molar-refractivity contribution in [2.45, 2.75) is 53.5 Å². The second kappa shape index (κ2) is 9.20. The molecule has 0 bridgehead atoms. The van der Waals surface area contributed by atoms with E-state index in [1.54, 1.807) is 0 Å². The van der Waals surface area contributed by atoms with Crippen LogP contribution in [-0.4, -0.2) is 29.2 Å². The average molecular weight is 343 g/mol. The third kappa shape index (κ3) is 5.89. The molecular weight excluding hydrogens is 314 g/mol. The molecule has 0 amide bonds. The van der Waals surface area contributed by atoms with Crippen LogP contribution in [0.2, 0.25) is 0 Å². The highest BCUT2D eigenvalue weighted by molar-refractivity contribution is 5.79. The van der Waals surface area contributed by atoms with Crippen molar-refractivity contribution in [3.63, 3.8) is 0 Å². The lowest BCUT2D eigenvalue weighted by Gasteiger charge is -2.11. The fourth-order valence-corrected chi connectivity index (χ4v) is 2.42. The summed E-state index contributed by atoms with van der Waals surface area (Å²) in [6, 6.07) is 6.46. The molecule has 0 saturated heterocycles. The Labute approximate surface area is 150 Å². The first-order chi connectivity index (χ1) is 12.0. The SMILES string of the molecule is CCNC(=NCc1ccc(C)cc1C)NCCc1nc(C(C)C)no1. The number of hydrogen-bond donors (Lipinski definition) is 2. The van der Waals surface area contributed by atoms with Gasteiger partial charge < -0.3 is 15.2 Å². The van der Waals surface area contributed by atoms with Crippen molar-refractivity contribution in [2.75, 3.05) is 13.1 Å². The molecule has 0 unspecified atom stereocenters. The Morgan fingerprint density at radius 1 is 1.24 bits per heavy atom. The lowest BCUT2D eigenvalue weighted by atomic mass is 10.1. The van der Waals surface area contributed by atoms with Crippen LogP contribution in [0.5, 0.6) is 0 Å². The summed E-state index contributed by atoms with van der Waals surface area (Å²) >= 11 is 0. The first-order valence-corrected chi connectivity index (χ1v) is 8.90. The van der Waals surface area contributed by atoms with Gasteiger partial charge in [0.15, 0.2) is 11.8 Å². The van der Waals surface area contributed by atoms with Crippen LogP contribution in [-0.2, 0) is 13.0 Å². The van der Waals surface area contributed by atoms with Gasteiger partial charge in [0.2, 0.25) is 5.89 Å². The second-order valence-corrected chi connectivity index (χ2v) is 6.50. The van der Waals surface area contributed by atoms with Gasteiger partial charge in [-0.25, -0.2) is 4.99 Å². The molecule has 0 spiro atoms. The summed E-state index contributed by atoms with van der Waals surface area (Å²) < 4.78 is 5.26. The van der Waals surface area contributed by atoms with Gasteiger partial charge in [-0.3, -0.25) is 0 Å². The highest BCUT2D eigenvalue weighted by Gasteiger charge is 2.09.